The van der Waals surface area contributed by atoms with E-state index in [0.717, 1.165) is 24.7 Å². The number of rotatable bonds is 4. The zero-order chi connectivity index (χ0) is 18.8. The Kier molecular flexibility index (Phi) is 4.81. The van der Waals surface area contributed by atoms with Crippen molar-refractivity contribution < 1.29 is 4.79 Å². The van der Waals surface area contributed by atoms with E-state index >= 15 is 0 Å². The molecule has 6 nitrogen and oxygen atoms in total. The van der Waals surface area contributed by atoms with Crippen molar-refractivity contribution in [3.63, 3.8) is 0 Å². The molecule has 1 N–H and O–H groups in total. The molecular weight excluding hydrogens is 362 g/mol. The van der Waals surface area contributed by atoms with Crippen LogP contribution in [0.25, 0.3) is 5.69 Å². The van der Waals surface area contributed by atoms with E-state index in [1.807, 2.05) is 42.5 Å². The summed E-state index contributed by atoms with van der Waals surface area (Å²) in [6.45, 7) is 4.43. The highest BCUT2D eigenvalue weighted by Gasteiger charge is 2.19. The van der Waals surface area contributed by atoms with Gasteiger partial charge in [-0.2, -0.15) is 0 Å². The van der Waals surface area contributed by atoms with E-state index in [1.54, 1.807) is 12.3 Å². The number of amides is 1. The van der Waals surface area contributed by atoms with Gasteiger partial charge in [-0.3, -0.25) is 4.79 Å². The first-order valence-electron chi connectivity index (χ1n) is 8.94. The molecule has 1 atom stereocenters. The molecule has 1 saturated heterocycles. The minimum Gasteiger partial charge on any atom is -0.371 e. The third-order valence-corrected chi connectivity index (χ3v) is 5.06. The van der Waals surface area contributed by atoms with Gasteiger partial charge in [0.1, 0.15) is 0 Å². The summed E-state index contributed by atoms with van der Waals surface area (Å²) in [4.78, 5) is 14.8. The van der Waals surface area contributed by atoms with E-state index in [-0.39, 0.29) is 11.6 Å². The molecule has 3 aromatic rings. The minimum absolute atomic E-state index is 0.229. The van der Waals surface area contributed by atoms with E-state index in [1.165, 1.54) is 16.8 Å². The number of nitrogens with one attached hydrogen (secondary N) is 1. The maximum atomic E-state index is 12.5. The molecule has 138 valence electrons. The minimum atomic E-state index is -0.309. The van der Waals surface area contributed by atoms with Crippen LogP contribution in [0.3, 0.4) is 0 Å². The Morgan fingerprint density at radius 3 is 2.67 bits per heavy atom. The first kappa shape index (κ1) is 17.5. The van der Waals surface area contributed by atoms with Crippen molar-refractivity contribution in [2.24, 2.45) is 5.92 Å². The van der Waals surface area contributed by atoms with Gasteiger partial charge < -0.3 is 10.2 Å². The van der Waals surface area contributed by atoms with Crippen molar-refractivity contribution in [2.45, 2.75) is 13.3 Å². The fourth-order valence-electron chi connectivity index (χ4n) is 3.24. The summed E-state index contributed by atoms with van der Waals surface area (Å²) in [6, 6.07) is 15.2. The summed E-state index contributed by atoms with van der Waals surface area (Å²) in [5.74, 6) is 0.418. The third kappa shape index (κ3) is 3.80. The highest BCUT2D eigenvalue weighted by Crippen LogP contribution is 2.25. The Balaban J connectivity index is 1.44. The number of hydrogen-bond donors (Lipinski definition) is 1. The quantitative estimate of drug-likeness (QED) is 0.741. The predicted molar refractivity (Wildman–Crippen MR) is 107 cm³/mol. The van der Waals surface area contributed by atoms with E-state index in [0.29, 0.717) is 10.7 Å². The number of hydrogen-bond acceptors (Lipinski definition) is 4. The normalized spacial score (nSPS) is 16.5. The number of benzene rings is 2. The standard InChI is InChI=1S/C20H20ClN5O/c1-14-10-11-25(12-14)16-8-6-15(7-9-16)22-20(27)18-13-26(24-23-18)19-5-3-2-4-17(19)21/h2-9,13-14H,10-12H2,1H3,(H,22,27). The van der Waals surface area contributed by atoms with Gasteiger partial charge in [0.2, 0.25) is 0 Å². The molecule has 1 aliphatic heterocycles. The molecule has 1 unspecified atom stereocenters. The maximum Gasteiger partial charge on any atom is 0.277 e. The topological polar surface area (TPSA) is 63.1 Å². The van der Waals surface area contributed by atoms with Crippen molar-refractivity contribution in [1.29, 1.82) is 0 Å². The SMILES string of the molecule is CC1CCN(c2ccc(NC(=O)c3cn(-c4ccccc4Cl)nn3)cc2)C1. The lowest BCUT2D eigenvalue weighted by molar-refractivity contribution is 0.102. The van der Waals surface area contributed by atoms with Crippen LogP contribution < -0.4 is 10.2 Å². The van der Waals surface area contributed by atoms with Crippen LogP contribution in [0.2, 0.25) is 5.02 Å². The molecule has 1 aromatic heterocycles. The van der Waals surface area contributed by atoms with Gasteiger partial charge in [0.05, 0.1) is 16.9 Å². The summed E-state index contributed by atoms with van der Waals surface area (Å²) in [5.41, 5.74) is 2.81. The number of aromatic nitrogens is 3. The molecule has 0 bridgehead atoms. The van der Waals surface area contributed by atoms with Crippen LogP contribution in [0.1, 0.15) is 23.8 Å². The summed E-state index contributed by atoms with van der Waals surface area (Å²) < 4.78 is 1.49. The summed E-state index contributed by atoms with van der Waals surface area (Å²) in [7, 11) is 0. The van der Waals surface area contributed by atoms with Crippen molar-refractivity contribution in [3.8, 4) is 5.69 Å². The van der Waals surface area contributed by atoms with Gasteiger partial charge in [-0.1, -0.05) is 35.9 Å². The van der Waals surface area contributed by atoms with Gasteiger partial charge in [-0.15, -0.1) is 5.10 Å². The highest BCUT2D eigenvalue weighted by molar-refractivity contribution is 6.32. The van der Waals surface area contributed by atoms with Gasteiger partial charge in [-0.25, -0.2) is 4.68 Å². The lowest BCUT2D eigenvalue weighted by atomic mass is 10.2. The van der Waals surface area contributed by atoms with Crippen LogP contribution in [-0.2, 0) is 0 Å². The summed E-state index contributed by atoms with van der Waals surface area (Å²) in [5, 5.41) is 11.4. The molecule has 7 heteroatoms. The summed E-state index contributed by atoms with van der Waals surface area (Å²) >= 11 is 6.16. The van der Waals surface area contributed by atoms with Crippen molar-refractivity contribution in [2.75, 3.05) is 23.3 Å². The van der Waals surface area contributed by atoms with Crippen LogP contribution in [0, 0.1) is 5.92 Å². The van der Waals surface area contributed by atoms with Crippen molar-refractivity contribution in [1.82, 2.24) is 15.0 Å². The Hall–Kier alpha value is -2.86. The molecule has 27 heavy (non-hydrogen) atoms. The first-order valence-corrected chi connectivity index (χ1v) is 9.31. The Morgan fingerprint density at radius 1 is 1.19 bits per heavy atom. The van der Waals surface area contributed by atoms with Crippen molar-refractivity contribution in [3.05, 3.63) is 65.4 Å². The molecule has 1 fully saturated rings. The zero-order valence-corrected chi connectivity index (χ0v) is 15.7. The molecule has 1 aliphatic rings. The number of carbonyl (C=O) groups excluding carboxylic acids is 1. The van der Waals surface area contributed by atoms with E-state index < -0.39 is 0 Å². The van der Waals surface area contributed by atoms with E-state index in [4.69, 9.17) is 11.6 Å². The summed E-state index contributed by atoms with van der Waals surface area (Å²) in [6.07, 6.45) is 2.79. The zero-order valence-electron chi connectivity index (χ0n) is 15.0. The van der Waals surface area contributed by atoms with Crippen molar-refractivity contribution >= 4 is 28.9 Å². The lowest BCUT2D eigenvalue weighted by Crippen LogP contribution is -2.19. The molecular formula is C20H20ClN5O. The van der Waals surface area contributed by atoms with Gasteiger partial charge in [0.15, 0.2) is 5.69 Å². The Morgan fingerprint density at radius 2 is 1.96 bits per heavy atom. The Labute approximate surface area is 162 Å². The van der Waals surface area contributed by atoms with Gasteiger partial charge in [0.25, 0.3) is 5.91 Å². The van der Waals surface area contributed by atoms with Crippen LogP contribution in [0.4, 0.5) is 11.4 Å². The van der Waals surface area contributed by atoms with Crippen LogP contribution in [0.5, 0.6) is 0 Å². The monoisotopic (exact) mass is 381 g/mol. The van der Waals surface area contributed by atoms with Crippen LogP contribution >= 0.6 is 11.6 Å². The molecule has 0 radical (unpaired) electrons. The number of carbonyl (C=O) groups is 1. The Bertz CT molecular complexity index is 953. The molecule has 0 saturated carbocycles. The second kappa shape index (κ2) is 7.40. The maximum absolute atomic E-state index is 12.5. The molecule has 4 rings (SSSR count). The number of anilines is 2. The molecule has 2 aromatic carbocycles. The highest BCUT2D eigenvalue weighted by atomic mass is 35.5. The lowest BCUT2D eigenvalue weighted by Gasteiger charge is -2.18. The van der Waals surface area contributed by atoms with Gasteiger partial charge >= 0.3 is 0 Å². The van der Waals surface area contributed by atoms with Crippen LogP contribution in [0.15, 0.2) is 54.7 Å². The molecule has 0 spiro atoms. The fraction of sp³-hybridized carbons (Fsp3) is 0.250. The number of halogens is 1. The van der Waals surface area contributed by atoms with Crippen LogP contribution in [-0.4, -0.2) is 34.0 Å². The van der Waals surface area contributed by atoms with E-state index in [9.17, 15) is 4.79 Å². The predicted octanol–water partition coefficient (Wildman–Crippen LogP) is 4.02. The molecule has 0 aliphatic carbocycles. The molecule has 2 heterocycles. The second-order valence-corrected chi connectivity index (χ2v) is 7.25. The number of nitrogens with zero attached hydrogens (tertiary/aromatic N) is 4. The average Bonchev–Trinajstić information content (AvgIpc) is 3.32. The van der Waals surface area contributed by atoms with E-state index in [2.05, 4.69) is 27.5 Å². The molecule has 1 amide bonds. The van der Waals surface area contributed by atoms with Gasteiger partial charge in [0, 0.05) is 24.5 Å². The smallest absolute Gasteiger partial charge is 0.277 e. The third-order valence-electron chi connectivity index (χ3n) is 4.74. The average molecular weight is 382 g/mol. The first-order chi connectivity index (χ1) is 13.1. The second-order valence-electron chi connectivity index (χ2n) is 6.84. The largest absolute Gasteiger partial charge is 0.371 e. The number of para-hydroxylation sites is 1. The fourth-order valence-corrected chi connectivity index (χ4v) is 3.47. The van der Waals surface area contributed by atoms with Gasteiger partial charge in [-0.05, 0) is 48.7 Å².